The van der Waals surface area contributed by atoms with Crippen LogP contribution < -0.4 is 14.8 Å². The molecule has 0 aliphatic heterocycles. The van der Waals surface area contributed by atoms with Crippen LogP contribution in [-0.4, -0.2) is 19.8 Å². The Balaban J connectivity index is 0.00000200. The zero-order valence-corrected chi connectivity index (χ0v) is 14.2. The lowest BCUT2D eigenvalue weighted by molar-refractivity contribution is 0.310. The fourth-order valence-electron chi connectivity index (χ4n) is 2.67. The van der Waals surface area contributed by atoms with E-state index in [0.717, 1.165) is 18.0 Å². The van der Waals surface area contributed by atoms with Crippen molar-refractivity contribution < 1.29 is 9.47 Å². The molecule has 1 aromatic rings. The maximum atomic E-state index is 5.61. The minimum absolute atomic E-state index is 0. The highest BCUT2D eigenvalue weighted by molar-refractivity contribution is 8.93. The van der Waals surface area contributed by atoms with Gasteiger partial charge >= 0.3 is 0 Å². The molecular formula is C16H26BrNO2. The van der Waals surface area contributed by atoms with Gasteiger partial charge in [0, 0.05) is 12.6 Å². The van der Waals surface area contributed by atoms with Crippen LogP contribution in [-0.2, 0) is 6.54 Å². The zero-order valence-electron chi connectivity index (χ0n) is 12.5. The van der Waals surface area contributed by atoms with Crippen molar-refractivity contribution >= 4 is 17.0 Å². The van der Waals surface area contributed by atoms with Crippen LogP contribution in [0.2, 0.25) is 0 Å². The lowest BCUT2D eigenvalue weighted by Crippen LogP contribution is -2.30. The molecule has 20 heavy (non-hydrogen) atoms. The van der Waals surface area contributed by atoms with Gasteiger partial charge in [0.1, 0.15) is 0 Å². The third kappa shape index (κ3) is 4.98. The van der Waals surface area contributed by atoms with Crippen molar-refractivity contribution in [2.75, 3.05) is 13.7 Å². The van der Waals surface area contributed by atoms with Crippen LogP contribution in [0.3, 0.4) is 0 Å². The SMILES string of the molecule is Br.CCOc1cc(CNC2CCCCC2)ccc1OC. The first-order valence-electron chi connectivity index (χ1n) is 7.36. The Kier molecular flexibility index (Phi) is 8.00. The molecule has 4 heteroatoms. The Labute approximate surface area is 132 Å². The van der Waals surface area contributed by atoms with Crippen molar-refractivity contribution in [1.29, 1.82) is 0 Å². The van der Waals surface area contributed by atoms with Gasteiger partial charge in [0.05, 0.1) is 13.7 Å². The zero-order chi connectivity index (χ0) is 13.5. The first kappa shape index (κ1) is 17.3. The first-order valence-corrected chi connectivity index (χ1v) is 7.36. The molecule has 0 spiro atoms. The second-order valence-corrected chi connectivity index (χ2v) is 5.13. The van der Waals surface area contributed by atoms with E-state index < -0.39 is 0 Å². The topological polar surface area (TPSA) is 30.5 Å². The minimum Gasteiger partial charge on any atom is -0.493 e. The standard InChI is InChI=1S/C16H25NO2.BrH/c1-3-19-16-11-13(9-10-15(16)18-2)12-17-14-7-5-4-6-8-14;/h9-11,14,17H,3-8,12H2,1-2H3;1H. The predicted octanol–water partition coefficient (Wildman–Crippen LogP) is 4.09. The number of hydrogen-bond acceptors (Lipinski definition) is 3. The molecule has 0 atom stereocenters. The summed E-state index contributed by atoms with van der Waals surface area (Å²) in [7, 11) is 1.68. The molecule has 3 nitrogen and oxygen atoms in total. The summed E-state index contributed by atoms with van der Waals surface area (Å²) in [6.07, 6.45) is 6.76. The number of benzene rings is 1. The summed E-state index contributed by atoms with van der Waals surface area (Å²) >= 11 is 0. The van der Waals surface area contributed by atoms with Gasteiger partial charge in [-0.25, -0.2) is 0 Å². The van der Waals surface area contributed by atoms with Gasteiger partial charge in [-0.15, -0.1) is 17.0 Å². The van der Waals surface area contributed by atoms with Gasteiger partial charge in [-0.05, 0) is 37.5 Å². The molecule has 2 rings (SSSR count). The monoisotopic (exact) mass is 343 g/mol. The van der Waals surface area contributed by atoms with Crippen molar-refractivity contribution in [2.45, 2.75) is 51.6 Å². The Bertz CT molecular complexity index is 392. The van der Waals surface area contributed by atoms with E-state index in [9.17, 15) is 0 Å². The maximum absolute atomic E-state index is 5.61. The summed E-state index contributed by atoms with van der Waals surface area (Å²) in [5, 5.41) is 3.65. The predicted molar refractivity (Wildman–Crippen MR) is 88.2 cm³/mol. The third-order valence-corrected chi connectivity index (χ3v) is 3.73. The quantitative estimate of drug-likeness (QED) is 0.843. The number of methoxy groups -OCH3 is 1. The molecule has 1 aromatic carbocycles. The van der Waals surface area contributed by atoms with Gasteiger partial charge in [-0.3, -0.25) is 0 Å². The van der Waals surface area contributed by atoms with Gasteiger partial charge in [-0.1, -0.05) is 25.3 Å². The third-order valence-electron chi connectivity index (χ3n) is 3.73. The van der Waals surface area contributed by atoms with Gasteiger partial charge in [0.2, 0.25) is 0 Å². The normalized spacial score (nSPS) is 15.5. The van der Waals surface area contributed by atoms with Gasteiger partial charge in [0.15, 0.2) is 11.5 Å². The van der Waals surface area contributed by atoms with E-state index >= 15 is 0 Å². The van der Waals surface area contributed by atoms with E-state index in [-0.39, 0.29) is 17.0 Å². The highest BCUT2D eigenvalue weighted by Gasteiger charge is 2.13. The van der Waals surface area contributed by atoms with Crippen LogP contribution in [0.5, 0.6) is 11.5 Å². The maximum Gasteiger partial charge on any atom is 0.161 e. The summed E-state index contributed by atoms with van der Waals surface area (Å²) in [6, 6.07) is 6.87. The number of ether oxygens (including phenoxy) is 2. The van der Waals surface area contributed by atoms with Crippen molar-refractivity contribution in [3.8, 4) is 11.5 Å². The van der Waals surface area contributed by atoms with Crippen molar-refractivity contribution in [1.82, 2.24) is 5.32 Å². The first-order chi connectivity index (χ1) is 9.33. The molecular weight excluding hydrogens is 318 g/mol. The molecule has 114 valence electrons. The van der Waals surface area contributed by atoms with Crippen molar-refractivity contribution in [2.24, 2.45) is 0 Å². The van der Waals surface area contributed by atoms with Gasteiger partial charge < -0.3 is 14.8 Å². The number of nitrogens with one attached hydrogen (secondary N) is 1. The molecule has 0 unspecified atom stereocenters. The van der Waals surface area contributed by atoms with E-state index in [4.69, 9.17) is 9.47 Å². The highest BCUT2D eigenvalue weighted by atomic mass is 79.9. The van der Waals surface area contributed by atoms with E-state index in [1.54, 1.807) is 7.11 Å². The second kappa shape index (κ2) is 9.24. The average molecular weight is 344 g/mol. The van der Waals surface area contributed by atoms with Crippen LogP contribution in [0, 0.1) is 0 Å². The van der Waals surface area contributed by atoms with E-state index in [0.29, 0.717) is 12.6 Å². The van der Waals surface area contributed by atoms with Crippen LogP contribution in [0.25, 0.3) is 0 Å². The summed E-state index contributed by atoms with van der Waals surface area (Å²) in [5.74, 6) is 1.65. The van der Waals surface area contributed by atoms with E-state index in [1.165, 1.54) is 37.7 Å². The lowest BCUT2D eigenvalue weighted by atomic mass is 9.95. The molecule has 0 amide bonds. The highest BCUT2D eigenvalue weighted by Crippen LogP contribution is 2.28. The molecule has 1 fully saturated rings. The molecule has 1 aliphatic rings. The molecule has 0 aromatic heterocycles. The summed E-state index contributed by atoms with van der Waals surface area (Å²) in [6.45, 7) is 3.57. The molecule has 1 N–H and O–H groups in total. The Morgan fingerprint density at radius 2 is 1.90 bits per heavy atom. The number of halogens is 1. The molecule has 1 aliphatic carbocycles. The number of hydrogen-bond donors (Lipinski definition) is 1. The number of rotatable bonds is 6. The van der Waals surface area contributed by atoms with E-state index in [2.05, 4.69) is 17.4 Å². The molecule has 0 radical (unpaired) electrons. The summed E-state index contributed by atoms with van der Waals surface area (Å²) in [4.78, 5) is 0. The van der Waals surface area contributed by atoms with Gasteiger partial charge in [-0.2, -0.15) is 0 Å². The fourth-order valence-corrected chi connectivity index (χ4v) is 2.67. The van der Waals surface area contributed by atoms with Crippen LogP contribution in [0.15, 0.2) is 18.2 Å². The molecule has 0 saturated heterocycles. The summed E-state index contributed by atoms with van der Waals surface area (Å²) < 4.78 is 10.9. The Hall–Kier alpha value is -0.740. The molecule has 1 saturated carbocycles. The second-order valence-electron chi connectivity index (χ2n) is 5.13. The van der Waals surface area contributed by atoms with Gasteiger partial charge in [0.25, 0.3) is 0 Å². The Morgan fingerprint density at radius 3 is 2.55 bits per heavy atom. The van der Waals surface area contributed by atoms with Crippen LogP contribution in [0.1, 0.15) is 44.6 Å². The van der Waals surface area contributed by atoms with Crippen molar-refractivity contribution in [3.05, 3.63) is 23.8 Å². The fraction of sp³-hybridized carbons (Fsp3) is 0.625. The average Bonchev–Trinajstić information content (AvgIpc) is 2.47. The molecule has 0 bridgehead atoms. The van der Waals surface area contributed by atoms with Crippen molar-refractivity contribution in [3.63, 3.8) is 0 Å². The van der Waals surface area contributed by atoms with E-state index in [1.807, 2.05) is 13.0 Å². The summed E-state index contributed by atoms with van der Waals surface area (Å²) in [5.41, 5.74) is 1.26. The van der Waals surface area contributed by atoms with Crippen LogP contribution in [0.4, 0.5) is 0 Å². The largest absolute Gasteiger partial charge is 0.493 e. The lowest BCUT2D eigenvalue weighted by Gasteiger charge is -2.23. The smallest absolute Gasteiger partial charge is 0.161 e. The molecule has 0 heterocycles. The minimum atomic E-state index is 0. The Morgan fingerprint density at radius 1 is 1.15 bits per heavy atom. The van der Waals surface area contributed by atoms with Crippen LogP contribution >= 0.6 is 17.0 Å².